The quantitative estimate of drug-likeness (QED) is 0.867. The lowest BCUT2D eigenvalue weighted by Crippen LogP contribution is -2.32. The van der Waals surface area contributed by atoms with Crippen molar-refractivity contribution in [1.82, 2.24) is 10.3 Å². The molecule has 1 aromatic heterocycles. The standard InChI is InChI=1S/C15H16N2O2/c1-10-8-16-9-12(10)15(18)17-13-6-7-19-14-5-3-2-4-11(13)14/h2-5,8-9,13,16H,6-7H2,1H3,(H,17,18)/t13-/m0/s1. The van der Waals surface area contributed by atoms with Gasteiger partial charge < -0.3 is 15.0 Å². The first kappa shape index (κ1) is 11.8. The zero-order valence-electron chi connectivity index (χ0n) is 10.8. The summed E-state index contributed by atoms with van der Waals surface area (Å²) in [5.41, 5.74) is 2.71. The highest BCUT2D eigenvalue weighted by Gasteiger charge is 2.23. The van der Waals surface area contributed by atoms with Crippen LogP contribution in [0.5, 0.6) is 5.75 Å². The van der Waals surface area contributed by atoms with E-state index in [0.717, 1.165) is 23.3 Å². The molecular formula is C15H16N2O2. The molecule has 0 saturated carbocycles. The second-order valence-corrected chi connectivity index (χ2v) is 4.75. The summed E-state index contributed by atoms with van der Waals surface area (Å²) in [5.74, 6) is 0.824. The molecule has 0 aliphatic carbocycles. The van der Waals surface area contributed by atoms with E-state index in [2.05, 4.69) is 10.3 Å². The fourth-order valence-electron chi connectivity index (χ4n) is 2.41. The predicted molar refractivity (Wildman–Crippen MR) is 72.3 cm³/mol. The number of aromatic nitrogens is 1. The van der Waals surface area contributed by atoms with Gasteiger partial charge in [-0.25, -0.2) is 0 Å². The molecule has 1 aliphatic heterocycles. The number of carbonyl (C=O) groups excluding carboxylic acids is 1. The maximum Gasteiger partial charge on any atom is 0.253 e. The Balaban J connectivity index is 1.82. The van der Waals surface area contributed by atoms with Gasteiger partial charge in [-0.15, -0.1) is 0 Å². The molecule has 1 atom stereocenters. The van der Waals surface area contributed by atoms with Gasteiger partial charge in [-0.2, -0.15) is 0 Å². The van der Waals surface area contributed by atoms with Gasteiger partial charge in [0.05, 0.1) is 18.2 Å². The van der Waals surface area contributed by atoms with Crippen LogP contribution in [0.1, 0.15) is 33.9 Å². The third-order valence-corrected chi connectivity index (χ3v) is 3.46. The minimum absolute atomic E-state index is 0.0201. The van der Waals surface area contributed by atoms with E-state index in [1.165, 1.54) is 0 Å². The number of carbonyl (C=O) groups is 1. The smallest absolute Gasteiger partial charge is 0.253 e. The van der Waals surface area contributed by atoms with E-state index in [0.29, 0.717) is 12.2 Å². The van der Waals surface area contributed by atoms with Gasteiger partial charge in [0.25, 0.3) is 5.91 Å². The number of hydrogen-bond acceptors (Lipinski definition) is 2. The Labute approximate surface area is 111 Å². The van der Waals surface area contributed by atoms with Crippen LogP contribution in [0.3, 0.4) is 0 Å². The molecule has 98 valence electrons. The van der Waals surface area contributed by atoms with E-state index in [9.17, 15) is 4.79 Å². The van der Waals surface area contributed by atoms with Crippen molar-refractivity contribution in [3.8, 4) is 5.75 Å². The Morgan fingerprint density at radius 2 is 2.21 bits per heavy atom. The Morgan fingerprint density at radius 1 is 1.37 bits per heavy atom. The van der Waals surface area contributed by atoms with Crippen molar-refractivity contribution < 1.29 is 9.53 Å². The third-order valence-electron chi connectivity index (χ3n) is 3.46. The lowest BCUT2D eigenvalue weighted by atomic mass is 10.00. The predicted octanol–water partition coefficient (Wildman–Crippen LogP) is 2.58. The SMILES string of the molecule is Cc1c[nH]cc1C(=O)N[C@H]1CCOc2ccccc21. The van der Waals surface area contributed by atoms with E-state index in [1.807, 2.05) is 37.4 Å². The number of aryl methyl sites for hydroxylation is 1. The second kappa shape index (κ2) is 4.80. The Morgan fingerprint density at radius 3 is 3.00 bits per heavy atom. The summed E-state index contributed by atoms with van der Waals surface area (Å²) in [6.07, 6.45) is 4.36. The van der Waals surface area contributed by atoms with Crippen molar-refractivity contribution in [3.05, 3.63) is 53.3 Å². The monoisotopic (exact) mass is 256 g/mol. The van der Waals surface area contributed by atoms with E-state index in [4.69, 9.17) is 4.74 Å². The van der Waals surface area contributed by atoms with Gasteiger partial charge in [-0.05, 0) is 18.6 Å². The summed E-state index contributed by atoms with van der Waals surface area (Å²) in [4.78, 5) is 15.2. The summed E-state index contributed by atoms with van der Waals surface area (Å²) >= 11 is 0. The molecule has 2 heterocycles. The molecule has 0 bridgehead atoms. The van der Waals surface area contributed by atoms with Gasteiger partial charge in [-0.3, -0.25) is 4.79 Å². The van der Waals surface area contributed by atoms with Crippen LogP contribution in [0.4, 0.5) is 0 Å². The van der Waals surface area contributed by atoms with Crippen molar-refractivity contribution in [2.75, 3.05) is 6.61 Å². The van der Waals surface area contributed by atoms with Crippen LogP contribution in [0, 0.1) is 6.92 Å². The van der Waals surface area contributed by atoms with Crippen LogP contribution < -0.4 is 10.1 Å². The van der Waals surface area contributed by atoms with Gasteiger partial charge in [-0.1, -0.05) is 18.2 Å². The van der Waals surface area contributed by atoms with Crippen LogP contribution in [0.2, 0.25) is 0 Å². The number of benzene rings is 1. The van der Waals surface area contributed by atoms with E-state index in [-0.39, 0.29) is 11.9 Å². The number of para-hydroxylation sites is 1. The number of amides is 1. The van der Waals surface area contributed by atoms with Gasteiger partial charge in [0, 0.05) is 24.4 Å². The highest BCUT2D eigenvalue weighted by Crippen LogP contribution is 2.31. The zero-order valence-corrected chi connectivity index (χ0v) is 10.8. The molecule has 0 radical (unpaired) electrons. The van der Waals surface area contributed by atoms with Crippen molar-refractivity contribution in [2.45, 2.75) is 19.4 Å². The zero-order chi connectivity index (χ0) is 13.2. The molecule has 4 nitrogen and oxygen atoms in total. The summed E-state index contributed by atoms with van der Waals surface area (Å²) < 4.78 is 5.59. The normalized spacial score (nSPS) is 17.4. The first-order chi connectivity index (χ1) is 9.25. The molecule has 3 rings (SSSR count). The highest BCUT2D eigenvalue weighted by molar-refractivity contribution is 5.95. The molecule has 2 aromatic rings. The molecule has 1 amide bonds. The van der Waals surface area contributed by atoms with Gasteiger partial charge in [0.15, 0.2) is 0 Å². The molecule has 0 spiro atoms. The van der Waals surface area contributed by atoms with E-state index < -0.39 is 0 Å². The minimum atomic E-state index is -0.0412. The molecule has 1 aliphatic rings. The third kappa shape index (κ3) is 2.21. The maximum atomic E-state index is 12.2. The minimum Gasteiger partial charge on any atom is -0.493 e. The largest absolute Gasteiger partial charge is 0.493 e. The van der Waals surface area contributed by atoms with Crippen molar-refractivity contribution in [2.24, 2.45) is 0 Å². The molecule has 0 unspecified atom stereocenters. The molecular weight excluding hydrogens is 240 g/mol. The number of nitrogens with one attached hydrogen (secondary N) is 2. The first-order valence-electron chi connectivity index (χ1n) is 6.41. The van der Waals surface area contributed by atoms with Crippen LogP contribution >= 0.6 is 0 Å². The summed E-state index contributed by atoms with van der Waals surface area (Å²) in [7, 11) is 0. The van der Waals surface area contributed by atoms with Crippen LogP contribution in [-0.4, -0.2) is 17.5 Å². The molecule has 4 heteroatoms. The molecule has 0 saturated heterocycles. The van der Waals surface area contributed by atoms with Crippen LogP contribution in [0.15, 0.2) is 36.7 Å². The second-order valence-electron chi connectivity index (χ2n) is 4.75. The van der Waals surface area contributed by atoms with Gasteiger partial charge >= 0.3 is 0 Å². The van der Waals surface area contributed by atoms with E-state index >= 15 is 0 Å². The fraction of sp³-hybridized carbons (Fsp3) is 0.267. The van der Waals surface area contributed by atoms with Crippen molar-refractivity contribution >= 4 is 5.91 Å². The molecule has 19 heavy (non-hydrogen) atoms. The number of fused-ring (bicyclic) bond motifs is 1. The Kier molecular flexibility index (Phi) is 2.99. The topological polar surface area (TPSA) is 54.1 Å². The lowest BCUT2D eigenvalue weighted by molar-refractivity contribution is 0.0924. The van der Waals surface area contributed by atoms with Crippen LogP contribution in [-0.2, 0) is 0 Å². The number of hydrogen-bond donors (Lipinski definition) is 2. The van der Waals surface area contributed by atoms with Crippen molar-refractivity contribution in [3.63, 3.8) is 0 Å². The van der Waals surface area contributed by atoms with E-state index in [1.54, 1.807) is 6.20 Å². The molecule has 1 aromatic carbocycles. The lowest BCUT2D eigenvalue weighted by Gasteiger charge is -2.26. The Hall–Kier alpha value is -2.23. The van der Waals surface area contributed by atoms with Crippen molar-refractivity contribution in [1.29, 1.82) is 0 Å². The highest BCUT2D eigenvalue weighted by atomic mass is 16.5. The number of ether oxygens (including phenoxy) is 1. The summed E-state index contributed by atoms with van der Waals surface area (Å²) in [6.45, 7) is 2.55. The number of aromatic amines is 1. The molecule has 2 N–H and O–H groups in total. The number of H-pyrrole nitrogens is 1. The van der Waals surface area contributed by atoms with Gasteiger partial charge in [0.1, 0.15) is 5.75 Å². The average Bonchev–Trinajstić information content (AvgIpc) is 2.85. The van der Waals surface area contributed by atoms with Gasteiger partial charge in [0.2, 0.25) is 0 Å². The average molecular weight is 256 g/mol. The first-order valence-corrected chi connectivity index (χ1v) is 6.41. The Bertz CT molecular complexity index is 604. The fourth-order valence-corrected chi connectivity index (χ4v) is 2.41. The summed E-state index contributed by atoms with van der Waals surface area (Å²) in [5, 5.41) is 3.08. The maximum absolute atomic E-state index is 12.2. The summed E-state index contributed by atoms with van der Waals surface area (Å²) in [6, 6.07) is 7.87. The molecule has 0 fully saturated rings. The number of rotatable bonds is 2. The van der Waals surface area contributed by atoms with Crippen LogP contribution in [0.25, 0.3) is 0 Å².